The summed E-state index contributed by atoms with van der Waals surface area (Å²) in [6, 6.07) is 18.4. The summed E-state index contributed by atoms with van der Waals surface area (Å²) in [6.45, 7) is 13.6. The molecule has 222 valence electrons. The highest BCUT2D eigenvalue weighted by Gasteiger charge is 2.71. The zero-order valence-corrected chi connectivity index (χ0v) is 26.6. The first-order valence-electron chi connectivity index (χ1n) is 10.8. The van der Waals surface area contributed by atoms with Crippen molar-refractivity contribution in [3.8, 4) is 0 Å². The van der Waals surface area contributed by atoms with Gasteiger partial charge in [-0.15, -0.1) is 0 Å². The Morgan fingerprint density at radius 1 is 0.667 bits per heavy atom. The van der Waals surface area contributed by atoms with Crippen molar-refractivity contribution in [1.29, 1.82) is 0 Å². The first-order chi connectivity index (χ1) is 17.1. The Hall–Kier alpha value is -0.790. The number of rotatable bonds is 7. The molecule has 2 rings (SSSR count). The van der Waals surface area contributed by atoms with Gasteiger partial charge in [0, 0.05) is 22.6 Å². The van der Waals surface area contributed by atoms with Crippen LogP contribution in [-0.2, 0) is 25.7 Å². The van der Waals surface area contributed by atoms with Crippen molar-refractivity contribution >= 4 is 32.7 Å². The lowest BCUT2D eigenvalue weighted by Crippen LogP contribution is -3.61. The molecule has 2 aromatic carbocycles. The lowest BCUT2D eigenvalue weighted by molar-refractivity contribution is -0.597. The molecule has 0 fully saturated rings. The van der Waals surface area contributed by atoms with Crippen molar-refractivity contribution in [3.05, 3.63) is 66.8 Å². The molecule has 0 saturated heterocycles. The van der Waals surface area contributed by atoms with E-state index in [-0.39, 0.29) is 32.0 Å². The van der Waals surface area contributed by atoms with Gasteiger partial charge in [0.05, 0.1) is 0 Å². The molecule has 0 unspecified atom stereocenters. The minimum absolute atomic E-state index is 0.0703. The molecule has 0 aromatic heterocycles. The minimum atomic E-state index is -7.12. The molecule has 0 saturated carbocycles. The third-order valence-corrected chi connectivity index (χ3v) is 9.06. The summed E-state index contributed by atoms with van der Waals surface area (Å²) in [5.41, 5.74) is 3.31. The smallest absolute Gasteiger partial charge is 0.438 e. The molecule has 39 heavy (non-hydrogen) atoms. The Labute approximate surface area is 246 Å². The Bertz CT molecular complexity index is 1150. The van der Waals surface area contributed by atoms with Gasteiger partial charge in [-0.25, -0.2) is 13.2 Å². The number of hydrogen-bond donors (Lipinski definition) is 0. The van der Waals surface area contributed by atoms with Gasteiger partial charge in [0.1, 0.15) is 0 Å². The van der Waals surface area contributed by atoms with Crippen LogP contribution < -0.4 is 21.2 Å². The predicted octanol–water partition coefficient (Wildman–Crippen LogP) is 4.76. The van der Waals surface area contributed by atoms with E-state index in [1.165, 1.54) is 18.3 Å². The molecular formula is C24H26F8I2O4S. The zero-order valence-electron chi connectivity index (χ0n) is 21.4. The number of alkyl halides is 9. The first kappa shape index (κ1) is 36.2. The number of halogens is 10. The SMILES string of the molecule is CC(C)(C)c1ccc([I+]c2ccc(C(C)(C)C)cc2)cc1.O=S(=O)([O-])C(F)(F)C(F)(F)OC(F)(F)C(F)(F)I. The van der Waals surface area contributed by atoms with Gasteiger partial charge in [0.15, 0.2) is 17.3 Å². The molecule has 0 atom stereocenters. The van der Waals surface area contributed by atoms with E-state index in [1.807, 2.05) is 4.74 Å². The minimum Gasteiger partial charge on any atom is -0.743 e. The average molecular weight is 816 g/mol. The average Bonchev–Trinajstić information content (AvgIpc) is 2.71. The van der Waals surface area contributed by atoms with E-state index in [4.69, 9.17) is 0 Å². The first-order valence-corrected chi connectivity index (χ1v) is 15.5. The molecule has 2 aromatic rings. The van der Waals surface area contributed by atoms with Crippen molar-refractivity contribution in [2.24, 2.45) is 0 Å². The lowest BCUT2D eigenvalue weighted by atomic mass is 9.87. The molecule has 0 bridgehead atoms. The Kier molecular flexibility index (Phi) is 11.3. The molecule has 0 N–H and O–H groups in total. The van der Waals surface area contributed by atoms with Crippen LogP contribution in [0, 0.1) is 7.14 Å². The molecule has 15 heteroatoms. The molecular weight excluding hydrogens is 790 g/mol. The zero-order chi connectivity index (χ0) is 30.9. The van der Waals surface area contributed by atoms with Crippen LogP contribution in [0.3, 0.4) is 0 Å². The van der Waals surface area contributed by atoms with Crippen LogP contribution in [-0.4, -0.2) is 34.4 Å². The van der Waals surface area contributed by atoms with Gasteiger partial charge in [-0.3, -0.25) is 0 Å². The van der Waals surface area contributed by atoms with Crippen LogP contribution in [0.5, 0.6) is 0 Å². The Morgan fingerprint density at radius 3 is 1.21 bits per heavy atom. The van der Waals surface area contributed by atoms with Crippen molar-refractivity contribution < 1.29 is 74.0 Å². The summed E-state index contributed by atoms with van der Waals surface area (Å²) in [5, 5.41) is -6.65. The highest BCUT2D eigenvalue weighted by molar-refractivity contribution is 14.1. The van der Waals surface area contributed by atoms with Crippen LogP contribution in [0.25, 0.3) is 0 Å². The maximum atomic E-state index is 12.4. The topological polar surface area (TPSA) is 66.4 Å². The van der Waals surface area contributed by atoms with Gasteiger partial charge in [-0.2, -0.15) is 35.1 Å². The van der Waals surface area contributed by atoms with Crippen molar-refractivity contribution in [2.45, 2.75) is 73.8 Å². The maximum absolute atomic E-state index is 12.4. The van der Waals surface area contributed by atoms with Crippen LogP contribution in [0.4, 0.5) is 35.1 Å². The second-order valence-corrected chi connectivity index (χ2v) is 16.0. The molecule has 0 spiro atoms. The molecule has 0 heterocycles. The Balaban J connectivity index is 0.000000396. The van der Waals surface area contributed by atoms with Gasteiger partial charge in [-0.1, -0.05) is 65.8 Å². The fraction of sp³-hybridized carbons (Fsp3) is 0.500. The summed E-state index contributed by atoms with van der Waals surface area (Å²) in [6.07, 6.45) is -12.8. The molecule has 0 radical (unpaired) electrons. The maximum Gasteiger partial charge on any atom is 0.438 e. The van der Waals surface area contributed by atoms with Crippen molar-refractivity contribution in [3.63, 3.8) is 0 Å². The van der Waals surface area contributed by atoms with Crippen LogP contribution in [0.1, 0.15) is 52.7 Å². The number of ether oxygens (including phenoxy) is 1. The van der Waals surface area contributed by atoms with Gasteiger partial charge in [0.25, 0.3) is 0 Å². The predicted molar refractivity (Wildman–Crippen MR) is 132 cm³/mol. The fourth-order valence-corrected chi connectivity index (χ4v) is 5.18. The fourth-order valence-electron chi connectivity index (χ4n) is 2.58. The monoisotopic (exact) mass is 816 g/mol. The van der Waals surface area contributed by atoms with E-state index in [0.29, 0.717) is 0 Å². The second-order valence-electron chi connectivity index (χ2n) is 10.2. The summed E-state index contributed by atoms with van der Waals surface area (Å²) < 4.78 is 126. The standard InChI is InChI=1S/C20H26I.C4HF8IO4S/c1-19(2,3)15-7-11-17(12-8-15)21-18-13-9-16(10-14-18)20(4,5)6;5-1(6,13)2(7,8)17-3(9,10)4(11,12)18(14,15)16/h7-14H,1-6H3;(H,14,15,16)/q+1;/p-1. The molecule has 0 aliphatic rings. The third-order valence-electron chi connectivity index (χ3n) is 4.88. The quantitative estimate of drug-likeness (QED) is 0.175. The van der Waals surface area contributed by atoms with E-state index in [9.17, 15) is 48.1 Å². The second kappa shape index (κ2) is 12.2. The highest BCUT2D eigenvalue weighted by Crippen LogP contribution is 2.48. The van der Waals surface area contributed by atoms with Gasteiger partial charge < -0.3 is 4.55 Å². The number of benzene rings is 2. The van der Waals surface area contributed by atoms with Gasteiger partial charge >= 0.3 is 42.6 Å². The van der Waals surface area contributed by atoms with E-state index in [1.54, 1.807) is 0 Å². The van der Waals surface area contributed by atoms with E-state index < -0.39 is 54.1 Å². The van der Waals surface area contributed by atoms with Crippen LogP contribution in [0.15, 0.2) is 48.5 Å². The van der Waals surface area contributed by atoms with E-state index >= 15 is 0 Å². The highest BCUT2D eigenvalue weighted by atomic mass is 127. The Morgan fingerprint density at radius 2 is 0.974 bits per heavy atom. The van der Waals surface area contributed by atoms with Gasteiger partial charge in [0.2, 0.25) is 0 Å². The van der Waals surface area contributed by atoms with Crippen LogP contribution >= 0.6 is 22.6 Å². The normalized spacial score (nSPS) is 14.1. The molecule has 4 nitrogen and oxygen atoms in total. The molecule has 0 amide bonds. The largest absolute Gasteiger partial charge is 0.743 e. The number of hydrogen-bond acceptors (Lipinski definition) is 4. The van der Waals surface area contributed by atoms with Crippen molar-refractivity contribution in [1.82, 2.24) is 0 Å². The lowest BCUT2D eigenvalue weighted by Gasteiger charge is -2.31. The van der Waals surface area contributed by atoms with Crippen LogP contribution in [0.2, 0.25) is 0 Å². The van der Waals surface area contributed by atoms with Gasteiger partial charge in [-0.05, 0) is 46.2 Å². The molecule has 0 aliphatic carbocycles. The van der Waals surface area contributed by atoms with E-state index in [0.717, 1.165) is 0 Å². The molecule has 0 aliphatic heterocycles. The van der Waals surface area contributed by atoms with Crippen molar-refractivity contribution in [2.75, 3.05) is 0 Å². The summed E-state index contributed by atoms with van der Waals surface area (Å²) in [5.74, 6) is 0. The third kappa shape index (κ3) is 9.92. The summed E-state index contributed by atoms with van der Waals surface area (Å²) in [7, 11) is -7.12. The van der Waals surface area contributed by atoms with E-state index in [2.05, 4.69) is 90.1 Å². The summed E-state index contributed by atoms with van der Waals surface area (Å²) >= 11 is -0.476. The summed E-state index contributed by atoms with van der Waals surface area (Å²) in [4.78, 5) is 0.